The van der Waals surface area contributed by atoms with E-state index in [-0.39, 0.29) is 0 Å². The number of hydrogen-bond acceptors (Lipinski definition) is 3. The number of fused-ring (bicyclic) bond motifs is 1. The summed E-state index contributed by atoms with van der Waals surface area (Å²) in [5.74, 6) is 0.922. The van der Waals surface area contributed by atoms with E-state index in [0.717, 1.165) is 34.4 Å². The predicted octanol–water partition coefficient (Wildman–Crippen LogP) is 2.86. The van der Waals surface area contributed by atoms with Crippen molar-refractivity contribution in [2.24, 2.45) is 0 Å². The summed E-state index contributed by atoms with van der Waals surface area (Å²) in [7, 11) is 0. The molecular formula is C14H12BrNO2. The molecule has 1 aliphatic heterocycles. The molecule has 0 radical (unpaired) electrons. The number of aliphatic hydroxyl groups excluding tert-OH is 1. The van der Waals surface area contributed by atoms with Gasteiger partial charge in [0.1, 0.15) is 11.9 Å². The molecule has 2 aromatic rings. The van der Waals surface area contributed by atoms with Crippen LogP contribution in [-0.4, -0.2) is 16.7 Å². The molecule has 1 aromatic carbocycles. The summed E-state index contributed by atoms with van der Waals surface area (Å²) in [6.45, 7) is 0.724. The van der Waals surface area contributed by atoms with Crippen molar-refractivity contribution in [3.63, 3.8) is 0 Å². The smallest absolute Gasteiger partial charge is 0.122 e. The minimum atomic E-state index is -0.716. The third kappa shape index (κ3) is 2.02. The Labute approximate surface area is 114 Å². The number of aromatic nitrogens is 1. The lowest BCUT2D eigenvalue weighted by Crippen LogP contribution is -2.03. The van der Waals surface area contributed by atoms with Crippen molar-refractivity contribution in [1.82, 2.24) is 4.98 Å². The number of halogens is 1. The molecule has 3 nitrogen and oxygen atoms in total. The topological polar surface area (TPSA) is 42.4 Å². The first-order valence-corrected chi connectivity index (χ1v) is 6.59. The van der Waals surface area contributed by atoms with Crippen LogP contribution in [0.5, 0.6) is 5.75 Å². The lowest BCUT2D eigenvalue weighted by molar-refractivity contribution is 0.214. The van der Waals surface area contributed by atoms with Gasteiger partial charge in [0.15, 0.2) is 0 Å². The summed E-state index contributed by atoms with van der Waals surface area (Å²) >= 11 is 3.41. The van der Waals surface area contributed by atoms with Gasteiger partial charge in [-0.3, -0.25) is 4.98 Å². The first-order valence-electron chi connectivity index (χ1n) is 5.80. The Morgan fingerprint density at radius 3 is 3.06 bits per heavy atom. The van der Waals surface area contributed by atoms with Crippen LogP contribution in [0.15, 0.2) is 41.0 Å². The molecule has 0 saturated heterocycles. The SMILES string of the molecule is OC(c1ccc2c(c1)CCO2)c1ncccc1Br. The quantitative estimate of drug-likeness (QED) is 0.927. The number of benzene rings is 1. The standard InChI is InChI=1S/C14H12BrNO2/c15-11-2-1-6-16-13(11)14(17)10-3-4-12-9(8-10)5-7-18-12/h1-4,6,8,14,17H,5,7H2. The third-order valence-electron chi connectivity index (χ3n) is 3.08. The van der Waals surface area contributed by atoms with Gasteiger partial charge < -0.3 is 9.84 Å². The van der Waals surface area contributed by atoms with E-state index >= 15 is 0 Å². The second-order valence-corrected chi connectivity index (χ2v) is 5.09. The largest absolute Gasteiger partial charge is 0.493 e. The average Bonchev–Trinajstić information content (AvgIpc) is 2.85. The summed E-state index contributed by atoms with van der Waals surface area (Å²) in [6.07, 6.45) is 1.87. The van der Waals surface area contributed by atoms with E-state index in [1.807, 2.05) is 30.3 Å². The van der Waals surface area contributed by atoms with Crippen molar-refractivity contribution >= 4 is 15.9 Å². The molecule has 2 heterocycles. The van der Waals surface area contributed by atoms with Crippen LogP contribution in [0.3, 0.4) is 0 Å². The summed E-state index contributed by atoms with van der Waals surface area (Å²) in [5, 5.41) is 10.4. The van der Waals surface area contributed by atoms with Gasteiger partial charge in [0.25, 0.3) is 0 Å². The van der Waals surface area contributed by atoms with Gasteiger partial charge in [0.2, 0.25) is 0 Å². The fourth-order valence-electron chi connectivity index (χ4n) is 2.13. The highest BCUT2D eigenvalue weighted by molar-refractivity contribution is 9.10. The van der Waals surface area contributed by atoms with Gasteiger partial charge in [-0.1, -0.05) is 6.07 Å². The van der Waals surface area contributed by atoms with Crippen molar-refractivity contribution in [3.8, 4) is 5.75 Å². The third-order valence-corrected chi connectivity index (χ3v) is 3.75. The van der Waals surface area contributed by atoms with Gasteiger partial charge in [-0.2, -0.15) is 0 Å². The Morgan fingerprint density at radius 1 is 1.33 bits per heavy atom. The van der Waals surface area contributed by atoms with Gasteiger partial charge in [-0.25, -0.2) is 0 Å². The van der Waals surface area contributed by atoms with Gasteiger partial charge in [0.05, 0.1) is 12.3 Å². The number of aliphatic hydroxyl groups is 1. The van der Waals surface area contributed by atoms with E-state index in [1.165, 1.54) is 0 Å². The highest BCUT2D eigenvalue weighted by atomic mass is 79.9. The van der Waals surface area contributed by atoms with E-state index in [2.05, 4.69) is 20.9 Å². The van der Waals surface area contributed by atoms with Crippen LogP contribution in [0.25, 0.3) is 0 Å². The van der Waals surface area contributed by atoms with Gasteiger partial charge in [-0.15, -0.1) is 0 Å². The molecule has 4 heteroatoms. The molecule has 0 fully saturated rings. The fraction of sp³-hybridized carbons (Fsp3) is 0.214. The van der Waals surface area contributed by atoms with E-state index in [1.54, 1.807) is 6.20 Å². The Morgan fingerprint density at radius 2 is 2.22 bits per heavy atom. The Kier molecular flexibility index (Phi) is 3.06. The summed E-state index contributed by atoms with van der Waals surface area (Å²) < 4.78 is 6.27. The zero-order valence-corrected chi connectivity index (χ0v) is 11.2. The van der Waals surface area contributed by atoms with E-state index < -0.39 is 6.10 Å². The summed E-state index contributed by atoms with van der Waals surface area (Å²) in [4.78, 5) is 4.22. The monoisotopic (exact) mass is 305 g/mol. The number of ether oxygens (including phenoxy) is 1. The lowest BCUT2D eigenvalue weighted by Gasteiger charge is -2.13. The second-order valence-electron chi connectivity index (χ2n) is 4.24. The van der Waals surface area contributed by atoms with Crippen molar-refractivity contribution in [2.45, 2.75) is 12.5 Å². The molecular weight excluding hydrogens is 294 g/mol. The molecule has 1 atom stereocenters. The Balaban J connectivity index is 1.98. The van der Waals surface area contributed by atoms with Crippen LogP contribution in [0.4, 0.5) is 0 Å². The molecule has 0 spiro atoms. The van der Waals surface area contributed by atoms with E-state index in [4.69, 9.17) is 4.74 Å². The highest BCUT2D eigenvalue weighted by Crippen LogP contribution is 2.31. The molecule has 0 bridgehead atoms. The van der Waals surface area contributed by atoms with Gasteiger partial charge in [-0.05, 0) is 51.3 Å². The maximum Gasteiger partial charge on any atom is 0.122 e. The van der Waals surface area contributed by atoms with Gasteiger partial charge >= 0.3 is 0 Å². The zero-order valence-electron chi connectivity index (χ0n) is 9.64. The molecule has 1 N–H and O–H groups in total. The molecule has 1 aliphatic rings. The van der Waals surface area contributed by atoms with Crippen LogP contribution in [0.1, 0.15) is 22.9 Å². The highest BCUT2D eigenvalue weighted by Gasteiger charge is 2.18. The minimum absolute atomic E-state index is 0.636. The molecule has 1 unspecified atom stereocenters. The van der Waals surface area contributed by atoms with Crippen LogP contribution >= 0.6 is 15.9 Å². The molecule has 0 amide bonds. The molecule has 3 rings (SSSR count). The number of pyridine rings is 1. The number of hydrogen-bond donors (Lipinski definition) is 1. The number of rotatable bonds is 2. The Hall–Kier alpha value is -1.39. The molecule has 0 aliphatic carbocycles. The van der Waals surface area contributed by atoms with Crippen LogP contribution in [-0.2, 0) is 6.42 Å². The molecule has 92 valence electrons. The van der Waals surface area contributed by atoms with Crippen LogP contribution in [0, 0.1) is 0 Å². The van der Waals surface area contributed by atoms with E-state index in [0.29, 0.717) is 5.69 Å². The van der Waals surface area contributed by atoms with Crippen molar-refractivity contribution in [3.05, 3.63) is 57.8 Å². The second kappa shape index (κ2) is 4.71. The van der Waals surface area contributed by atoms with Gasteiger partial charge in [0, 0.05) is 17.1 Å². The normalized spacial score (nSPS) is 15.0. The minimum Gasteiger partial charge on any atom is -0.493 e. The zero-order chi connectivity index (χ0) is 12.5. The van der Waals surface area contributed by atoms with Crippen molar-refractivity contribution < 1.29 is 9.84 Å². The van der Waals surface area contributed by atoms with Crippen LogP contribution < -0.4 is 4.74 Å². The average molecular weight is 306 g/mol. The van der Waals surface area contributed by atoms with E-state index in [9.17, 15) is 5.11 Å². The maximum atomic E-state index is 10.4. The first kappa shape index (κ1) is 11.7. The fourth-order valence-corrected chi connectivity index (χ4v) is 2.61. The van der Waals surface area contributed by atoms with Crippen molar-refractivity contribution in [1.29, 1.82) is 0 Å². The lowest BCUT2D eigenvalue weighted by atomic mass is 10.0. The Bertz CT molecular complexity index is 586. The number of nitrogens with zero attached hydrogens (tertiary/aromatic N) is 1. The van der Waals surface area contributed by atoms with Crippen LogP contribution in [0.2, 0.25) is 0 Å². The summed E-state index contributed by atoms with van der Waals surface area (Å²) in [6, 6.07) is 9.50. The predicted molar refractivity (Wildman–Crippen MR) is 71.6 cm³/mol. The van der Waals surface area contributed by atoms with Crippen molar-refractivity contribution in [2.75, 3.05) is 6.61 Å². The molecule has 0 saturated carbocycles. The molecule has 1 aromatic heterocycles. The first-order chi connectivity index (χ1) is 8.75. The summed E-state index contributed by atoms with van der Waals surface area (Å²) in [5.41, 5.74) is 2.63. The maximum absolute atomic E-state index is 10.4. The molecule has 18 heavy (non-hydrogen) atoms.